The molecule has 4 aliphatic rings. The number of ketones is 1. The van der Waals surface area contributed by atoms with Crippen molar-refractivity contribution in [2.75, 3.05) is 7.11 Å². The molecule has 5 atom stereocenters. The molecule has 4 rings (SSSR count). The van der Waals surface area contributed by atoms with Crippen molar-refractivity contribution in [2.24, 2.45) is 23.2 Å². The highest BCUT2D eigenvalue weighted by Gasteiger charge is 2.63. The smallest absolute Gasteiger partial charge is 0.158 e. The average Bonchev–Trinajstić information content (AvgIpc) is 3.06. The van der Waals surface area contributed by atoms with Gasteiger partial charge in [-0.05, 0) is 80.6 Å². The van der Waals surface area contributed by atoms with E-state index in [9.17, 15) is 9.90 Å². The lowest BCUT2D eigenvalue weighted by Crippen LogP contribution is -2.51. The molecule has 0 heterocycles. The first-order valence-corrected chi connectivity index (χ1v) is 11.8. The number of aliphatic hydroxyl groups is 1. The van der Waals surface area contributed by atoms with Crippen LogP contribution in [0.15, 0.2) is 58.9 Å². The van der Waals surface area contributed by atoms with Gasteiger partial charge in [-0.1, -0.05) is 25.0 Å². The Hall–Kier alpha value is -2.45. The van der Waals surface area contributed by atoms with Gasteiger partial charge in [0.25, 0.3) is 0 Å². The van der Waals surface area contributed by atoms with Gasteiger partial charge in [-0.15, -0.1) is 5.92 Å². The Morgan fingerprint density at radius 2 is 2.06 bits per heavy atom. The Bertz CT molecular complexity index is 1070. The zero-order valence-corrected chi connectivity index (χ0v) is 19.6. The van der Waals surface area contributed by atoms with Crippen LogP contribution in [0.2, 0.25) is 0 Å². The second-order valence-electron chi connectivity index (χ2n) is 9.92. The van der Waals surface area contributed by atoms with Crippen molar-refractivity contribution in [1.82, 2.24) is 0 Å². The maximum Gasteiger partial charge on any atom is 0.158 e. The van der Waals surface area contributed by atoms with Gasteiger partial charge in [0.15, 0.2) is 11.6 Å². The fourth-order valence-electron chi connectivity index (χ4n) is 6.87. The third-order valence-corrected chi connectivity index (χ3v) is 8.46. The van der Waals surface area contributed by atoms with E-state index in [4.69, 9.17) is 4.74 Å². The SMILES string of the molecule is C=C/C(=C\C(F)=C(/F)[C@H]1C[C@@]2(C)[C@@H](CC[C@@]2(O)C#CC)[C@@H]2CCC3=CC(=O)CCC3=C21)OC. The molecule has 1 N–H and O–H groups in total. The van der Waals surface area contributed by atoms with Gasteiger partial charge in [0.2, 0.25) is 0 Å². The van der Waals surface area contributed by atoms with E-state index in [-0.39, 0.29) is 29.8 Å². The van der Waals surface area contributed by atoms with E-state index in [1.54, 1.807) is 13.0 Å². The van der Waals surface area contributed by atoms with Crippen LogP contribution >= 0.6 is 0 Å². The Kier molecular flexibility index (Phi) is 6.26. The predicted molar refractivity (Wildman–Crippen MR) is 124 cm³/mol. The minimum Gasteiger partial charge on any atom is -0.497 e. The molecule has 0 bridgehead atoms. The van der Waals surface area contributed by atoms with E-state index in [0.29, 0.717) is 19.3 Å². The number of rotatable bonds is 4. The summed E-state index contributed by atoms with van der Waals surface area (Å²) in [5.41, 5.74) is 1.03. The van der Waals surface area contributed by atoms with Gasteiger partial charge in [-0.25, -0.2) is 8.78 Å². The monoisotopic (exact) mass is 454 g/mol. The van der Waals surface area contributed by atoms with Crippen molar-refractivity contribution < 1.29 is 23.4 Å². The average molecular weight is 455 g/mol. The lowest BCUT2D eigenvalue weighted by atomic mass is 9.52. The Labute approximate surface area is 195 Å². The molecular weight excluding hydrogens is 422 g/mol. The molecule has 0 unspecified atom stereocenters. The summed E-state index contributed by atoms with van der Waals surface area (Å²) in [5, 5.41) is 11.5. The lowest BCUT2D eigenvalue weighted by Gasteiger charge is -2.53. The van der Waals surface area contributed by atoms with Crippen LogP contribution in [0.3, 0.4) is 0 Å². The standard InChI is InChI=1S/C28H32F2O3/c1-5-12-28(32)13-11-23-21-9-7-17-14-18(31)8-10-20(17)25(21)22(16-27(23,28)3)26(30)24(29)15-19(6-2)33-4/h6,14-15,21-23,32H,2,7-11,13,16H2,1,3-4H3/b19-15+,26-24+/t21-,22-,23-,27-,28-/m0/s1. The highest BCUT2D eigenvalue weighted by Crippen LogP contribution is 2.66. The summed E-state index contributed by atoms with van der Waals surface area (Å²) < 4.78 is 36.1. The van der Waals surface area contributed by atoms with Crippen LogP contribution in [0.5, 0.6) is 0 Å². The van der Waals surface area contributed by atoms with E-state index in [1.807, 2.05) is 6.92 Å². The molecule has 33 heavy (non-hydrogen) atoms. The molecule has 0 saturated heterocycles. The number of hydrogen-bond donors (Lipinski definition) is 1. The minimum absolute atomic E-state index is 0.0330. The van der Waals surface area contributed by atoms with Crippen molar-refractivity contribution >= 4 is 5.78 Å². The number of ether oxygens (including phenoxy) is 1. The molecule has 5 heteroatoms. The lowest BCUT2D eigenvalue weighted by molar-refractivity contribution is -0.114. The quantitative estimate of drug-likeness (QED) is 0.320. The Balaban J connectivity index is 1.91. The first kappa shape index (κ1) is 23.7. The molecule has 0 amide bonds. The first-order chi connectivity index (χ1) is 15.7. The van der Waals surface area contributed by atoms with Crippen molar-refractivity contribution in [3.8, 4) is 11.8 Å². The number of halogens is 2. The molecule has 3 nitrogen and oxygen atoms in total. The van der Waals surface area contributed by atoms with Gasteiger partial charge >= 0.3 is 0 Å². The molecule has 0 aromatic carbocycles. The second-order valence-corrected chi connectivity index (χ2v) is 9.92. The van der Waals surface area contributed by atoms with Gasteiger partial charge in [-0.2, -0.15) is 0 Å². The number of hydrogen-bond acceptors (Lipinski definition) is 3. The van der Waals surface area contributed by atoms with Gasteiger partial charge < -0.3 is 9.84 Å². The molecule has 0 aliphatic heterocycles. The Morgan fingerprint density at radius 3 is 2.73 bits per heavy atom. The van der Waals surface area contributed by atoms with E-state index < -0.39 is 28.6 Å². The van der Waals surface area contributed by atoms with E-state index in [2.05, 4.69) is 18.4 Å². The van der Waals surface area contributed by atoms with Gasteiger partial charge in [0.05, 0.1) is 7.11 Å². The molecule has 176 valence electrons. The van der Waals surface area contributed by atoms with Crippen LogP contribution in [0.4, 0.5) is 8.78 Å². The molecule has 0 aromatic heterocycles. The van der Waals surface area contributed by atoms with Crippen molar-refractivity contribution in [2.45, 2.75) is 64.4 Å². The van der Waals surface area contributed by atoms with Gasteiger partial charge in [0, 0.05) is 23.8 Å². The molecule has 2 fully saturated rings. The molecule has 0 aromatic rings. The Morgan fingerprint density at radius 1 is 1.30 bits per heavy atom. The maximum absolute atomic E-state index is 15.9. The predicted octanol–water partition coefficient (Wildman–Crippen LogP) is 6.04. The maximum atomic E-state index is 15.9. The third kappa shape index (κ3) is 3.73. The highest BCUT2D eigenvalue weighted by atomic mass is 19.2. The number of carbonyl (C=O) groups excluding carboxylic acids is 1. The highest BCUT2D eigenvalue weighted by molar-refractivity contribution is 5.93. The zero-order chi connectivity index (χ0) is 24.0. The molecule has 0 radical (unpaired) electrons. The minimum atomic E-state index is -1.23. The summed E-state index contributed by atoms with van der Waals surface area (Å²) in [6.45, 7) is 7.27. The molecule has 0 spiro atoms. The van der Waals surface area contributed by atoms with Crippen LogP contribution in [0.1, 0.15) is 58.8 Å². The van der Waals surface area contributed by atoms with Crippen LogP contribution in [-0.2, 0) is 9.53 Å². The number of fused-ring (bicyclic) bond motifs is 4. The summed E-state index contributed by atoms with van der Waals surface area (Å²) in [6, 6.07) is 0. The second kappa shape index (κ2) is 8.72. The zero-order valence-electron chi connectivity index (χ0n) is 19.6. The van der Waals surface area contributed by atoms with E-state index in [0.717, 1.165) is 42.1 Å². The van der Waals surface area contributed by atoms with E-state index >= 15 is 8.78 Å². The third-order valence-electron chi connectivity index (χ3n) is 8.46. The van der Waals surface area contributed by atoms with Gasteiger partial charge in [0.1, 0.15) is 17.2 Å². The van der Waals surface area contributed by atoms with Crippen LogP contribution in [0.25, 0.3) is 0 Å². The first-order valence-electron chi connectivity index (χ1n) is 11.8. The summed E-state index contributed by atoms with van der Waals surface area (Å²) in [6.07, 6.45) is 8.12. The topological polar surface area (TPSA) is 46.5 Å². The van der Waals surface area contributed by atoms with Crippen LogP contribution < -0.4 is 0 Å². The number of methoxy groups -OCH3 is 1. The largest absolute Gasteiger partial charge is 0.497 e. The molecule has 4 aliphatic carbocycles. The van der Waals surface area contributed by atoms with Gasteiger partial charge in [-0.3, -0.25) is 4.79 Å². The fourth-order valence-corrected chi connectivity index (χ4v) is 6.87. The van der Waals surface area contributed by atoms with Crippen molar-refractivity contribution in [3.63, 3.8) is 0 Å². The summed E-state index contributed by atoms with van der Waals surface area (Å²) in [5.74, 6) is 3.62. The number of carbonyl (C=O) groups is 1. The van der Waals surface area contributed by atoms with E-state index in [1.165, 1.54) is 13.2 Å². The molecule has 2 saturated carbocycles. The normalized spacial score (nSPS) is 36.5. The summed E-state index contributed by atoms with van der Waals surface area (Å²) in [4.78, 5) is 12.1. The van der Waals surface area contributed by atoms with Crippen molar-refractivity contribution in [3.05, 3.63) is 58.9 Å². The fraction of sp³-hybridized carbons (Fsp3) is 0.536. The number of allylic oxidation sites excluding steroid dienone is 8. The molecular formula is C28H32F2O3. The van der Waals surface area contributed by atoms with Crippen LogP contribution in [0, 0.1) is 35.0 Å². The van der Waals surface area contributed by atoms with Crippen LogP contribution in [-0.4, -0.2) is 23.6 Å². The van der Waals surface area contributed by atoms with Crippen molar-refractivity contribution in [1.29, 1.82) is 0 Å². The summed E-state index contributed by atoms with van der Waals surface area (Å²) in [7, 11) is 1.38. The summed E-state index contributed by atoms with van der Waals surface area (Å²) >= 11 is 0.